The highest BCUT2D eigenvalue weighted by Gasteiger charge is 2.12. The maximum Gasteiger partial charge on any atom is 0.213 e. The third-order valence-electron chi connectivity index (χ3n) is 3.08. The molecule has 0 unspecified atom stereocenters. The average Bonchev–Trinajstić information content (AvgIpc) is 2.55. The fourth-order valence-electron chi connectivity index (χ4n) is 2.07. The van der Waals surface area contributed by atoms with Crippen molar-refractivity contribution in [2.75, 3.05) is 0 Å². The summed E-state index contributed by atoms with van der Waals surface area (Å²) in [6.45, 7) is 0. The SMILES string of the molecule is O=C(Cc1cccc(F)n1)c1cc(F)cc(Oc2cncnc2)c1. The number of aromatic nitrogens is 3. The molecule has 3 rings (SSSR count). The van der Waals surface area contributed by atoms with Crippen LogP contribution in [0.2, 0.25) is 0 Å². The number of rotatable bonds is 5. The Hall–Kier alpha value is -3.22. The lowest BCUT2D eigenvalue weighted by molar-refractivity contribution is 0.0991. The topological polar surface area (TPSA) is 65.0 Å². The molecule has 0 aliphatic rings. The summed E-state index contributed by atoms with van der Waals surface area (Å²) < 4.78 is 32.3. The highest BCUT2D eigenvalue weighted by Crippen LogP contribution is 2.23. The van der Waals surface area contributed by atoms with E-state index in [1.54, 1.807) is 0 Å². The van der Waals surface area contributed by atoms with Crippen molar-refractivity contribution < 1.29 is 18.3 Å². The van der Waals surface area contributed by atoms with Crippen LogP contribution in [0.3, 0.4) is 0 Å². The lowest BCUT2D eigenvalue weighted by Crippen LogP contribution is -2.06. The van der Waals surface area contributed by atoms with E-state index in [9.17, 15) is 13.6 Å². The van der Waals surface area contributed by atoms with Crippen molar-refractivity contribution in [1.29, 1.82) is 0 Å². The summed E-state index contributed by atoms with van der Waals surface area (Å²) in [5.41, 5.74) is 0.371. The van der Waals surface area contributed by atoms with Gasteiger partial charge >= 0.3 is 0 Å². The maximum absolute atomic E-state index is 13.8. The molecule has 1 aromatic carbocycles. The summed E-state index contributed by atoms with van der Waals surface area (Å²) in [6.07, 6.45) is 4.01. The smallest absolute Gasteiger partial charge is 0.213 e. The second kappa shape index (κ2) is 6.91. The number of nitrogens with zero attached hydrogens (tertiary/aromatic N) is 3. The molecule has 0 bridgehead atoms. The Kier molecular flexibility index (Phi) is 4.51. The monoisotopic (exact) mass is 327 g/mol. The molecule has 0 aliphatic heterocycles. The molecule has 0 saturated heterocycles. The first-order valence-electron chi connectivity index (χ1n) is 6.98. The van der Waals surface area contributed by atoms with Crippen molar-refractivity contribution >= 4 is 5.78 Å². The van der Waals surface area contributed by atoms with Crippen molar-refractivity contribution in [2.24, 2.45) is 0 Å². The Morgan fingerprint density at radius 3 is 2.58 bits per heavy atom. The number of ether oxygens (including phenoxy) is 1. The quantitative estimate of drug-likeness (QED) is 0.531. The molecular formula is C17H11F2N3O2. The fourth-order valence-corrected chi connectivity index (χ4v) is 2.07. The number of carbonyl (C=O) groups is 1. The summed E-state index contributed by atoms with van der Waals surface area (Å²) in [5, 5.41) is 0. The van der Waals surface area contributed by atoms with Gasteiger partial charge < -0.3 is 4.74 Å². The second-order valence-corrected chi connectivity index (χ2v) is 4.90. The van der Waals surface area contributed by atoms with E-state index in [4.69, 9.17) is 4.74 Å². The predicted molar refractivity (Wildman–Crippen MR) is 80.7 cm³/mol. The van der Waals surface area contributed by atoms with E-state index in [0.29, 0.717) is 5.75 Å². The van der Waals surface area contributed by atoms with Gasteiger partial charge in [0.15, 0.2) is 11.5 Å². The summed E-state index contributed by atoms with van der Waals surface area (Å²) in [5.74, 6) is -1.25. The minimum atomic E-state index is -0.673. The first-order valence-corrected chi connectivity index (χ1v) is 6.98. The number of benzene rings is 1. The van der Waals surface area contributed by atoms with Crippen LogP contribution in [0.1, 0.15) is 16.1 Å². The molecule has 0 amide bonds. The second-order valence-electron chi connectivity index (χ2n) is 4.90. The van der Waals surface area contributed by atoms with Gasteiger partial charge in [-0.1, -0.05) is 6.07 Å². The number of pyridine rings is 1. The van der Waals surface area contributed by atoms with Crippen LogP contribution in [0.15, 0.2) is 55.1 Å². The van der Waals surface area contributed by atoms with E-state index in [2.05, 4.69) is 15.0 Å². The van der Waals surface area contributed by atoms with E-state index in [-0.39, 0.29) is 23.4 Å². The van der Waals surface area contributed by atoms with Crippen molar-refractivity contribution in [1.82, 2.24) is 15.0 Å². The summed E-state index contributed by atoms with van der Waals surface area (Å²) >= 11 is 0. The number of ketones is 1. The van der Waals surface area contributed by atoms with Crippen molar-refractivity contribution in [2.45, 2.75) is 6.42 Å². The zero-order valence-corrected chi connectivity index (χ0v) is 12.3. The summed E-state index contributed by atoms with van der Waals surface area (Å²) in [4.78, 5) is 23.5. The Morgan fingerprint density at radius 1 is 1.04 bits per heavy atom. The Labute approximate surface area is 136 Å². The molecule has 0 N–H and O–H groups in total. The van der Waals surface area contributed by atoms with Crippen LogP contribution in [0, 0.1) is 11.8 Å². The molecule has 0 atom stereocenters. The highest BCUT2D eigenvalue weighted by atomic mass is 19.1. The molecule has 120 valence electrons. The van der Waals surface area contributed by atoms with E-state index in [1.165, 1.54) is 43.0 Å². The molecule has 2 heterocycles. The molecule has 7 heteroatoms. The lowest BCUT2D eigenvalue weighted by atomic mass is 10.1. The van der Waals surface area contributed by atoms with Gasteiger partial charge in [-0.05, 0) is 24.3 Å². The van der Waals surface area contributed by atoms with Crippen LogP contribution in [0.5, 0.6) is 11.5 Å². The van der Waals surface area contributed by atoms with Crippen LogP contribution in [-0.4, -0.2) is 20.7 Å². The number of carbonyl (C=O) groups excluding carboxylic acids is 1. The van der Waals surface area contributed by atoms with Crippen LogP contribution in [0.4, 0.5) is 8.78 Å². The van der Waals surface area contributed by atoms with E-state index < -0.39 is 17.5 Å². The maximum atomic E-state index is 13.8. The van der Waals surface area contributed by atoms with Crippen molar-refractivity contribution in [3.63, 3.8) is 0 Å². The number of hydrogen-bond acceptors (Lipinski definition) is 5. The van der Waals surface area contributed by atoms with E-state index >= 15 is 0 Å². The lowest BCUT2D eigenvalue weighted by Gasteiger charge is -2.07. The van der Waals surface area contributed by atoms with Crippen LogP contribution in [-0.2, 0) is 6.42 Å². The van der Waals surface area contributed by atoms with Gasteiger partial charge in [0.25, 0.3) is 0 Å². The molecule has 24 heavy (non-hydrogen) atoms. The Balaban J connectivity index is 1.81. The first-order chi connectivity index (χ1) is 11.6. The van der Waals surface area contributed by atoms with Crippen molar-refractivity contribution in [3.8, 4) is 11.5 Å². The van der Waals surface area contributed by atoms with Gasteiger partial charge in [0.2, 0.25) is 5.95 Å². The van der Waals surface area contributed by atoms with Gasteiger partial charge in [0.05, 0.1) is 24.5 Å². The van der Waals surface area contributed by atoms with Crippen molar-refractivity contribution in [3.05, 3.63) is 78.1 Å². The van der Waals surface area contributed by atoms with Crippen LogP contribution >= 0.6 is 0 Å². The molecule has 0 spiro atoms. The third kappa shape index (κ3) is 3.95. The number of halogens is 2. The van der Waals surface area contributed by atoms with Gasteiger partial charge in [-0.15, -0.1) is 0 Å². The van der Waals surface area contributed by atoms with Gasteiger partial charge in [-0.3, -0.25) is 4.79 Å². The molecule has 0 radical (unpaired) electrons. The molecule has 2 aromatic heterocycles. The van der Waals surface area contributed by atoms with Crippen LogP contribution in [0.25, 0.3) is 0 Å². The minimum Gasteiger partial charge on any atom is -0.454 e. The van der Waals surface area contributed by atoms with Gasteiger partial charge in [0.1, 0.15) is 17.9 Å². The standard InChI is InChI=1S/C17H11F2N3O2/c18-12-4-11(16(23)7-13-2-1-3-17(19)22-13)5-14(6-12)24-15-8-20-10-21-9-15/h1-6,8-10H,7H2. The van der Waals surface area contributed by atoms with Gasteiger partial charge in [-0.25, -0.2) is 19.3 Å². The van der Waals surface area contributed by atoms with Gasteiger partial charge in [0, 0.05) is 11.6 Å². The summed E-state index contributed by atoms with van der Waals surface area (Å²) in [6, 6.07) is 7.81. The van der Waals surface area contributed by atoms with Crippen LogP contribution < -0.4 is 4.74 Å². The molecular weight excluding hydrogens is 316 g/mol. The minimum absolute atomic E-state index is 0.105. The average molecular weight is 327 g/mol. The zero-order valence-electron chi connectivity index (χ0n) is 12.3. The van der Waals surface area contributed by atoms with Gasteiger partial charge in [-0.2, -0.15) is 4.39 Å². The van der Waals surface area contributed by atoms with E-state index in [1.807, 2.05) is 0 Å². The summed E-state index contributed by atoms with van der Waals surface area (Å²) in [7, 11) is 0. The number of hydrogen-bond donors (Lipinski definition) is 0. The Bertz CT molecular complexity index is 873. The molecule has 0 fully saturated rings. The first kappa shape index (κ1) is 15.7. The normalized spacial score (nSPS) is 10.4. The van der Waals surface area contributed by atoms with E-state index in [0.717, 1.165) is 12.1 Å². The fraction of sp³-hybridized carbons (Fsp3) is 0.0588. The zero-order chi connectivity index (χ0) is 16.9. The number of Topliss-reactive ketones (excluding diaryl/α,β-unsaturated/α-hetero) is 1. The third-order valence-corrected chi connectivity index (χ3v) is 3.08. The Morgan fingerprint density at radius 2 is 1.83 bits per heavy atom. The molecule has 0 aliphatic carbocycles. The largest absolute Gasteiger partial charge is 0.454 e. The molecule has 5 nitrogen and oxygen atoms in total. The molecule has 3 aromatic rings. The predicted octanol–water partition coefficient (Wildman–Crippen LogP) is 3.37. The molecule has 0 saturated carbocycles. The highest BCUT2D eigenvalue weighted by molar-refractivity contribution is 5.97.